The Morgan fingerprint density at radius 1 is 1.28 bits per heavy atom. The summed E-state index contributed by atoms with van der Waals surface area (Å²) in [6.45, 7) is 2.35. The third-order valence-electron chi connectivity index (χ3n) is 3.98. The molecule has 1 aromatic rings. The van der Waals surface area contributed by atoms with Gasteiger partial charge in [0.05, 0.1) is 7.11 Å². The van der Waals surface area contributed by atoms with Crippen LogP contribution in [0.15, 0.2) is 18.2 Å². The summed E-state index contributed by atoms with van der Waals surface area (Å²) in [5.41, 5.74) is 1.19. The van der Waals surface area contributed by atoms with Crippen molar-refractivity contribution in [1.29, 1.82) is 0 Å². The van der Waals surface area contributed by atoms with Gasteiger partial charge in [0.15, 0.2) is 0 Å². The molecule has 1 atom stereocenters. The first kappa shape index (κ1) is 14.2. The number of rotatable bonds is 3. The maximum absolute atomic E-state index is 6.34. The van der Waals surface area contributed by atoms with Crippen LogP contribution in [0.3, 0.4) is 0 Å². The molecule has 1 aliphatic rings. The van der Waals surface area contributed by atoms with E-state index in [0.29, 0.717) is 10.7 Å². The number of alkyl halides is 1. The zero-order chi connectivity index (χ0) is 13.1. The standard InChI is InChI=1S/C15H20BrClO/c1-10-3-5-11(6-4-10)15(16)13-8-7-12(18-2)9-14(13)17/h7-11,15H,3-6H2,1-2H3. The van der Waals surface area contributed by atoms with Gasteiger partial charge in [-0.15, -0.1) is 0 Å². The van der Waals surface area contributed by atoms with E-state index in [1.807, 2.05) is 12.1 Å². The molecule has 0 bridgehead atoms. The van der Waals surface area contributed by atoms with Crippen LogP contribution in [0.5, 0.6) is 5.75 Å². The molecule has 0 aromatic heterocycles. The summed E-state index contributed by atoms with van der Waals surface area (Å²) < 4.78 is 5.19. The van der Waals surface area contributed by atoms with Crippen molar-refractivity contribution in [2.45, 2.75) is 37.4 Å². The van der Waals surface area contributed by atoms with Crippen LogP contribution in [0.25, 0.3) is 0 Å². The molecule has 100 valence electrons. The van der Waals surface area contributed by atoms with Gasteiger partial charge in [-0.05, 0) is 42.4 Å². The van der Waals surface area contributed by atoms with Gasteiger partial charge >= 0.3 is 0 Å². The van der Waals surface area contributed by atoms with Gasteiger partial charge in [0.2, 0.25) is 0 Å². The molecule has 0 spiro atoms. The van der Waals surface area contributed by atoms with Crippen molar-refractivity contribution in [2.75, 3.05) is 7.11 Å². The van der Waals surface area contributed by atoms with Crippen molar-refractivity contribution in [3.63, 3.8) is 0 Å². The molecule has 0 heterocycles. The maximum atomic E-state index is 6.34. The van der Waals surface area contributed by atoms with Crippen molar-refractivity contribution in [2.24, 2.45) is 11.8 Å². The van der Waals surface area contributed by atoms with Gasteiger partial charge < -0.3 is 4.74 Å². The van der Waals surface area contributed by atoms with Crippen LogP contribution in [-0.4, -0.2) is 7.11 Å². The zero-order valence-corrected chi connectivity index (χ0v) is 13.3. The second-order valence-corrected chi connectivity index (χ2v) is 6.70. The minimum Gasteiger partial charge on any atom is -0.497 e. The van der Waals surface area contributed by atoms with Gasteiger partial charge in [0.1, 0.15) is 5.75 Å². The second kappa shape index (κ2) is 6.29. The van der Waals surface area contributed by atoms with Gasteiger partial charge in [-0.3, -0.25) is 0 Å². The second-order valence-electron chi connectivity index (χ2n) is 5.31. The average molecular weight is 332 g/mol. The van der Waals surface area contributed by atoms with Crippen molar-refractivity contribution in [3.8, 4) is 5.75 Å². The molecule has 0 aliphatic heterocycles. The van der Waals surface area contributed by atoms with Crippen molar-refractivity contribution in [3.05, 3.63) is 28.8 Å². The van der Waals surface area contributed by atoms with Crippen LogP contribution in [0.4, 0.5) is 0 Å². The molecular weight excluding hydrogens is 312 g/mol. The Morgan fingerprint density at radius 2 is 1.94 bits per heavy atom. The summed E-state index contributed by atoms with van der Waals surface area (Å²) in [5.74, 6) is 2.40. The molecule has 0 saturated heterocycles. The fourth-order valence-corrected chi connectivity index (χ4v) is 4.04. The number of halogens is 2. The van der Waals surface area contributed by atoms with Gasteiger partial charge in [-0.25, -0.2) is 0 Å². The first-order valence-corrected chi connectivity index (χ1v) is 7.88. The largest absolute Gasteiger partial charge is 0.497 e. The summed E-state index contributed by atoms with van der Waals surface area (Å²) in [7, 11) is 1.67. The topological polar surface area (TPSA) is 9.23 Å². The van der Waals surface area contributed by atoms with Crippen LogP contribution in [-0.2, 0) is 0 Å². The van der Waals surface area contributed by atoms with Crippen molar-refractivity contribution in [1.82, 2.24) is 0 Å². The molecule has 2 rings (SSSR count). The predicted octanol–water partition coefficient (Wildman–Crippen LogP) is 5.61. The molecule has 0 N–H and O–H groups in total. The molecule has 1 fully saturated rings. The van der Waals surface area contributed by atoms with Gasteiger partial charge in [0, 0.05) is 9.85 Å². The van der Waals surface area contributed by atoms with Crippen LogP contribution < -0.4 is 4.74 Å². The first-order chi connectivity index (χ1) is 8.61. The smallest absolute Gasteiger partial charge is 0.120 e. The molecule has 0 radical (unpaired) electrons. The number of benzene rings is 1. The summed E-state index contributed by atoms with van der Waals surface area (Å²) >= 11 is 10.2. The molecule has 3 heteroatoms. The SMILES string of the molecule is COc1ccc(C(Br)C2CCC(C)CC2)c(Cl)c1. The Kier molecular flexibility index (Phi) is 4.97. The minimum atomic E-state index is 0.364. The Morgan fingerprint density at radius 3 is 2.50 bits per heavy atom. The lowest BCUT2D eigenvalue weighted by atomic mass is 9.80. The predicted molar refractivity (Wildman–Crippen MR) is 80.8 cm³/mol. The van der Waals surface area contributed by atoms with Gasteiger partial charge in [0.25, 0.3) is 0 Å². The fraction of sp³-hybridized carbons (Fsp3) is 0.600. The lowest BCUT2D eigenvalue weighted by molar-refractivity contribution is 0.287. The number of hydrogen-bond donors (Lipinski definition) is 0. The molecule has 1 aliphatic carbocycles. The molecule has 1 aromatic carbocycles. The van der Waals surface area contributed by atoms with E-state index in [-0.39, 0.29) is 0 Å². The first-order valence-electron chi connectivity index (χ1n) is 6.59. The van der Waals surface area contributed by atoms with Crippen LogP contribution >= 0.6 is 27.5 Å². The number of methoxy groups -OCH3 is 1. The van der Waals surface area contributed by atoms with E-state index < -0.39 is 0 Å². The van der Waals surface area contributed by atoms with Crippen molar-refractivity contribution >= 4 is 27.5 Å². The van der Waals surface area contributed by atoms with E-state index in [0.717, 1.165) is 16.7 Å². The summed E-state index contributed by atoms with van der Waals surface area (Å²) in [5, 5.41) is 0.801. The molecule has 1 unspecified atom stereocenters. The summed E-state index contributed by atoms with van der Waals surface area (Å²) in [6.07, 6.45) is 5.25. The molecule has 1 nitrogen and oxygen atoms in total. The minimum absolute atomic E-state index is 0.364. The zero-order valence-electron chi connectivity index (χ0n) is 11.0. The highest BCUT2D eigenvalue weighted by molar-refractivity contribution is 9.09. The summed E-state index contributed by atoms with van der Waals surface area (Å²) in [6, 6.07) is 5.97. The monoisotopic (exact) mass is 330 g/mol. The third-order valence-corrected chi connectivity index (χ3v) is 5.55. The van der Waals surface area contributed by atoms with Crippen LogP contribution in [0.1, 0.15) is 43.0 Å². The van der Waals surface area contributed by atoms with E-state index in [2.05, 4.69) is 28.9 Å². The maximum Gasteiger partial charge on any atom is 0.120 e. The Balaban J connectivity index is 2.11. The van der Waals surface area contributed by atoms with E-state index in [1.165, 1.54) is 31.2 Å². The molecule has 18 heavy (non-hydrogen) atoms. The highest BCUT2D eigenvalue weighted by Gasteiger charge is 2.26. The quantitative estimate of drug-likeness (QED) is 0.654. The van der Waals surface area contributed by atoms with Crippen LogP contribution in [0.2, 0.25) is 5.02 Å². The van der Waals surface area contributed by atoms with Crippen molar-refractivity contribution < 1.29 is 4.74 Å². The van der Waals surface area contributed by atoms with Crippen LogP contribution in [0, 0.1) is 11.8 Å². The Hall–Kier alpha value is -0.210. The number of hydrogen-bond acceptors (Lipinski definition) is 1. The average Bonchev–Trinajstić information content (AvgIpc) is 2.38. The lowest BCUT2D eigenvalue weighted by Crippen LogP contribution is -2.16. The highest BCUT2D eigenvalue weighted by Crippen LogP contribution is 2.44. The van der Waals surface area contributed by atoms with E-state index >= 15 is 0 Å². The van der Waals surface area contributed by atoms with Gasteiger partial charge in [-0.1, -0.05) is 53.4 Å². The van der Waals surface area contributed by atoms with E-state index in [4.69, 9.17) is 16.3 Å². The van der Waals surface area contributed by atoms with E-state index in [9.17, 15) is 0 Å². The normalized spacial score (nSPS) is 25.8. The van der Waals surface area contributed by atoms with Gasteiger partial charge in [-0.2, -0.15) is 0 Å². The lowest BCUT2D eigenvalue weighted by Gasteiger charge is -2.30. The highest BCUT2D eigenvalue weighted by atomic mass is 79.9. The Labute approximate surface area is 123 Å². The molecule has 1 saturated carbocycles. The Bertz CT molecular complexity index is 399. The molecule has 0 amide bonds. The third kappa shape index (κ3) is 3.21. The molecular formula is C15H20BrClO. The summed E-state index contributed by atoms with van der Waals surface area (Å²) in [4.78, 5) is 0.364. The number of ether oxygens (including phenoxy) is 1. The van der Waals surface area contributed by atoms with E-state index in [1.54, 1.807) is 7.11 Å². The fourth-order valence-electron chi connectivity index (χ4n) is 2.69.